The Morgan fingerprint density at radius 2 is 1.20 bits per heavy atom. The normalized spacial score (nSPS) is 15.8. The SMILES string of the molecule is CCCCCCCCC=CCCCCCCCCCCCCC(C[N+](C)(C)C1CC1)OP(=O)(O)O. The molecule has 0 amide bonds. The molecule has 0 bridgehead atoms. The first-order valence-electron chi connectivity index (χ1n) is 15.0. The number of phosphoric acid groups is 1. The zero-order chi connectivity index (χ0) is 25.8. The minimum Gasteiger partial charge on any atom is -0.324 e. The van der Waals surface area contributed by atoms with Gasteiger partial charge in [-0.15, -0.1) is 0 Å². The van der Waals surface area contributed by atoms with Crippen LogP contribution in [-0.4, -0.2) is 47.1 Å². The maximum absolute atomic E-state index is 11.4. The Kier molecular flexibility index (Phi) is 18.6. The largest absolute Gasteiger partial charge is 0.470 e. The highest BCUT2D eigenvalue weighted by Gasteiger charge is 2.40. The number of quaternary nitrogens is 1. The second-order valence-electron chi connectivity index (χ2n) is 11.6. The lowest BCUT2D eigenvalue weighted by Gasteiger charge is -2.33. The van der Waals surface area contributed by atoms with E-state index in [0.29, 0.717) is 12.6 Å². The van der Waals surface area contributed by atoms with Gasteiger partial charge >= 0.3 is 7.82 Å². The molecule has 0 aromatic heterocycles. The summed E-state index contributed by atoms with van der Waals surface area (Å²) in [5.74, 6) is 0. The van der Waals surface area contributed by atoms with E-state index in [1.165, 1.54) is 116 Å². The van der Waals surface area contributed by atoms with Crippen LogP contribution in [0.1, 0.15) is 142 Å². The molecule has 2 N–H and O–H groups in total. The molecule has 1 rings (SSSR count). The Hall–Kier alpha value is -0.190. The Labute approximate surface area is 217 Å². The van der Waals surface area contributed by atoms with E-state index in [0.717, 1.165) is 23.7 Å². The summed E-state index contributed by atoms with van der Waals surface area (Å²) in [4.78, 5) is 18.6. The molecule has 0 heterocycles. The van der Waals surface area contributed by atoms with Gasteiger partial charge in [0.05, 0.1) is 20.1 Å². The average Bonchev–Trinajstić information content (AvgIpc) is 3.62. The molecular weight excluding hydrogens is 457 g/mol. The Morgan fingerprint density at radius 3 is 1.63 bits per heavy atom. The number of nitrogens with zero attached hydrogens (tertiary/aromatic N) is 1. The lowest BCUT2D eigenvalue weighted by Crippen LogP contribution is -2.47. The number of likely N-dealkylation sites (N-methyl/N-ethyl adjacent to an activating group) is 1. The highest BCUT2D eigenvalue weighted by molar-refractivity contribution is 7.46. The van der Waals surface area contributed by atoms with Gasteiger partial charge in [0.2, 0.25) is 0 Å². The first-order valence-corrected chi connectivity index (χ1v) is 16.5. The summed E-state index contributed by atoms with van der Waals surface area (Å²) >= 11 is 0. The molecule has 0 radical (unpaired) electrons. The number of unbranched alkanes of at least 4 members (excludes halogenated alkanes) is 16. The fraction of sp³-hybridized carbons (Fsp3) is 0.931. The number of hydrogen-bond donors (Lipinski definition) is 2. The first kappa shape index (κ1) is 32.8. The second kappa shape index (κ2) is 19.9. The highest BCUT2D eigenvalue weighted by atomic mass is 31.2. The minimum atomic E-state index is -4.43. The van der Waals surface area contributed by atoms with Gasteiger partial charge in [0.15, 0.2) is 0 Å². The van der Waals surface area contributed by atoms with E-state index in [4.69, 9.17) is 4.52 Å². The molecule has 1 unspecified atom stereocenters. The van der Waals surface area contributed by atoms with Crippen molar-refractivity contribution < 1.29 is 23.4 Å². The third-order valence-corrected chi connectivity index (χ3v) is 8.11. The van der Waals surface area contributed by atoms with E-state index in [9.17, 15) is 14.4 Å². The lowest BCUT2D eigenvalue weighted by atomic mass is 10.0. The molecule has 5 nitrogen and oxygen atoms in total. The molecule has 35 heavy (non-hydrogen) atoms. The minimum absolute atomic E-state index is 0.350. The van der Waals surface area contributed by atoms with E-state index >= 15 is 0 Å². The zero-order valence-corrected chi connectivity index (χ0v) is 24.4. The molecule has 208 valence electrons. The van der Waals surface area contributed by atoms with Gasteiger partial charge in [-0.1, -0.05) is 109 Å². The molecule has 1 aliphatic carbocycles. The second-order valence-corrected chi connectivity index (χ2v) is 12.7. The fourth-order valence-electron chi connectivity index (χ4n) is 5.15. The van der Waals surface area contributed by atoms with Crippen molar-refractivity contribution in [2.24, 2.45) is 0 Å². The van der Waals surface area contributed by atoms with Crippen LogP contribution in [-0.2, 0) is 9.09 Å². The van der Waals surface area contributed by atoms with Gasteiger partial charge in [0.25, 0.3) is 0 Å². The van der Waals surface area contributed by atoms with Crippen LogP contribution in [0.4, 0.5) is 0 Å². The topological polar surface area (TPSA) is 66.8 Å². The van der Waals surface area contributed by atoms with Crippen molar-refractivity contribution in [3.05, 3.63) is 12.2 Å². The molecule has 1 atom stereocenters. The van der Waals surface area contributed by atoms with Crippen molar-refractivity contribution in [1.82, 2.24) is 0 Å². The molecule has 1 aliphatic rings. The maximum atomic E-state index is 11.4. The molecule has 1 fully saturated rings. The van der Waals surface area contributed by atoms with Gasteiger partial charge in [-0.3, -0.25) is 4.52 Å². The van der Waals surface area contributed by atoms with Crippen molar-refractivity contribution in [2.45, 2.75) is 154 Å². The molecule has 1 saturated carbocycles. The predicted octanol–water partition coefficient (Wildman–Crippen LogP) is 8.69. The summed E-state index contributed by atoms with van der Waals surface area (Å²) in [6, 6.07) is 0.629. The van der Waals surface area contributed by atoms with Crippen LogP contribution in [0.2, 0.25) is 0 Å². The van der Waals surface area contributed by atoms with E-state index < -0.39 is 7.82 Å². The van der Waals surface area contributed by atoms with Crippen molar-refractivity contribution >= 4 is 7.82 Å². The van der Waals surface area contributed by atoms with Crippen molar-refractivity contribution in [2.75, 3.05) is 20.6 Å². The molecule has 0 aliphatic heterocycles. The standard InChI is InChI=1S/C29H58NO4P/c1-4-5-6-7-8-9-10-11-12-13-14-15-16-17-18-19-20-21-22-23-24-29(34-35(31,32)33)27-30(2,3)28-25-26-28/h11-12,28-29H,4-10,13-27H2,1-3H3,(H-,31,32,33)/p+1. The monoisotopic (exact) mass is 516 g/mol. The Morgan fingerprint density at radius 1 is 0.771 bits per heavy atom. The summed E-state index contributed by atoms with van der Waals surface area (Å²) in [5, 5.41) is 0. The Bertz CT molecular complexity index is 571. The molecule has 0 spiro atoms. The van der Waals surface area contributed by atoms with E-state index in [2.05, 4.69) is 33.2 Å². The van der Waals surface area contributed by atoms with Crippen LogP contribution in [0, 0.1) is 0 Å². The average molecular weight is 517 g/mol. The van der Waals surface area contributed by atoms with Crippen molar-refractivity contribution in [3.8, 4) is 0 Å². The quantitative estimate of drug-likeness (QED) is 0.0551. The molecule has 0 saturated heterocycles. The summed E-state index contributed by atoms with van der Waals surface area (Å²) in [6.07, 6.45) is 31.1. The van der Waals surface area contributed by atoms with Crippen LogP contribution < -0.4 is 0 Å². The third kappa shape index (κ3) is 20.5. The molecule has 6 heteroatoms. The molecule has 0 aromatic carbocycles. The van der Waals surface area contributed by atoms with Crippen molar-refractivity contribution in [1.29, 1.82) is 0 Å². The molecule has 0 aromatic rings. The molecular formula is C29H59NO4P+. The van der Waals surface area contributed by atoms with Gasteiger partial charge in [-0.25, -0.2) is 4.57 Å². The Balaban J connectivity index is 1.91. The number of hydrogen-bond acceptors (Lipinski definition) is 2. The van der Waals surface area contributed by atoms with Gasteiger partial charge in [-0.05, 0) is 32.1 Å². The van der Waals surface area contributed by atoms with E-state index in [1.807, 2.05) is 0 Å². The van der Waals surface area contributed by atoms with Gasteiger partial charge < -0.3 is 14.3 Å². The zero-order valence-electron chi connectivity index (χ0n) is 23.5. The highest BCUT2D eigenvalue weighted by Crippen LogP contribution is 2.40. The van der Waals surface area contributed by atoms with E-state index in [1.54, 1.807) is 0 Å². The van der Waals surface area contributed by atoms with Crippen LogP contribution in [0.3, 0.4) is 0 Å². The fourth-order valence-corrected chi connectivity index (χ4v) is 5.71. The van der Waals surface area contributed by atoms with Crippen LogP contribution in [0.25, 0.3) is 0 Å². The predicted molar refractivity (Wildman–Crippen MR) is 149 cm³/mol. The number of phosphoric ester groups is 1. The lowest BCUT2D eigenvalue weighted by molar-refractivity contribution is -0.903. The summed E-state index contributed by atoms with van der Waals surface area (Å²) in [6.45, 7) is 2.96. The van der Waals surface area contributed by atoms with Gasteiger partial charge in [0.1, 0.15) is 12.6 Å². The van der Waals surface area contributed by atoms with Crippen molar-refractivity contribution in [3.63, 3.8) is 0 Å². The van der Waals surface area contributed by atoms with Gasteiger partial charge in [-0.2, -0.15) is 0 Å². The number of rotatable bonds is 25. The third-order valence-electron chi connectivity index (χ3n) is 7.53. The summed E-state index contributed by atoms with van der Waals surface area (Å²) in [5.41, 5.74) is 0. The summed E-state index contributed by atoms with van der Waals surface area (Å²) < 4.78 is 17.3. The first-order chi connectivity index (χ1) is 16.7. The van der Waals surface area contributed by atoms with Crippen LogP contribution in [0.5, 0.6) is 0 Å². The maximum Gasteiger partial charge on any atom is 0.470 e. The van der Waals surface area contributed by atoms with Gasteiger partial charge in [0, 0.05) is 12.8 Å². The van der Waals surface area contributed by atoms with Crippen LogP contribution >= 0.6 is 7.82 Å². The summed E-state index contributed by atoms with van der Waals surface area (Å²) in [7, 11) is -0.119. The van der Waals surface area contributed by atoms with E-state index in [-0.39, 0.29) is 6.10 Å². The smallest absolute Gasteiger partial charge is 0.324 e. The number of allylic oxidation sites excluding steroid dienone is 2. The van der Waals surface area contributed by atoms with Crippen LogP contribution in [0.15, 0.2) is 12.2 Å².